The molecule has 2 rings (SSSR count). The van der Waals surface area contributed by atoms with Gasteiger partial charge in [0.05, 0.1) is 12.2 Å². The van der Waals surface area contributed by atoms with Crippen molar-refractivity contribution in [1.29, 1.82) is 0 Å². The molecule has 1 fully saturated rings. The second-order valence-electron chi connectivity index (χ2n) is 5.55. The summed E-state index contributed by atoms with van der Waals surface area (Å²) >= 11 is 0. The van der Waals surface area contributed by atoms with Crippen molar-refractivity contribution in [3.8, 4) is 5.75 Å². The molecule has 0 heterocycles. The van der Waals surface area contributed by atoms with Crippen molar-refractivity contribution in [2.75, 3.05) is 6.61 Å². The van der Waals surface area contributed by atoms with E-state index in [1.165, 1.54) is 19.3 Å². The molecule has 2 heteroatoms. The molecule has 0 amide bonds. The molecule has 0 atom stereocenters. The minimum Gasteiger partial charge on any atom is -0.493 e. The highest BCUT2D eigenvalue weighted by Gasteiger charge is 2.24. The summed E-state index contributed by atoms with van der Waals surface area (Å²) in [7, 11) is 0. The van der Waals surface area contributed by atoms with E-state index < -0.39 is 0 Å². The van der Waals surface area contributed by atoms with Gasteiger partial charge in [-0.05, 0) is 38.3 Å². The largest absolute Gasteiger partial charge is 0.493 e. The predicted molar refractivity (Wildman–Crippen MR) is 77.9 cm³/mol. The lowest BCUT2D eigenvalue weighted by Crippen LogP contribution is -2.19. The van der Waals surface area contributed by atoms with Crippen LogP contribution in [0.1, 0.15) is 61.4 Å². The molecule has 0 unspecified atom stereocenters. The zero-order valence-corrected chi connectivity index (χ0v) is 12.1. The van der Waals surface area contributed by atoms with Crippen molar-refractivity contribution < 1.29 is 9.53 Å². The summed E-state index contributed by atoms with van der Waals surface area (Å²) in [6, 6.07) is 5.95. The molecule has 0 N–H and O–H groups in total. The van der Waals surface area contributed by atoms with Gasteiger partial charge in [0.2, 0.25) is 0 Å². The minimum atomic E-state index is 0.208. The number of ether oxygens (including phenoxy) is 1. The SMILES string of the molecule is CCCOc1ccc(C)cc1C(=O)C1CCCCC1. The number of aryl methyl sites for hydroxylation is 1. The fourth-order valence-electron chi connectivity index (χ4n) is 2.76. The van der Waals surface area contributed by atoms with Gasteiger partial charge in [0, 0.05) is 5.92 Å². The zero-order valence-electron chi connectivity index (χ0n) is 12.1. The van der Waals surface area contributed by atoms with Gasteiger partial charge in [0.25, 0.3) is 0 Å². The highest BCUT2D eigenvalue weighted by molar-refractivity contribution is 6.00. The second-order valence-corrected chi connectivity index (χ2v) is 5.55. The van der Waals surface area contributed by atoms with E-state index in [1.807, 2.05) is 25.1 Å². The summed E-state index contributed by atoms with van der Waals surface area (Å²) in [5.74, 6) is 1.26. The smallest absolute Gasteiger partial charge is 0.169 e. The molecule has 0 aromatic heterocycles. The molecule has 1 aromatic carbocycles. The standard InChI is InChI=1S/C17H24O2/c1-3-11-19-16-10-9-13(2)12-15(16)17(18)14-7-5-4-6-8-14/h9-10,12,14H,3-8,11H2,1-2H3. The van der Waals surface area contributed by atoms with E-state index in [0.29, 0.717) is 6.61 Å². The molecule has 1 aliphatic rings. The molecule has 0 radical (unpaired) electrons. The third kappa shape index (κ3) is 3.59. The minimum absolute atomic E-state index is 0.208. The van der Waals surface area contributed by atoms with Crippen LogP contribution in [0.2, 0.25) is 0 Å². The predicted octanol–water partition coefficient (Wildman–Crippen LogP) is 4.55. The Morgan fingerprint density at radius 2 is 2.00 bits per heavy atom. The highest BCUT2D eigenvalue weighted by Crippen LogP contribution is 2.30. The number of ketones is 1. The monoisotopic (exact) mass is 260 g/mol. The van der Waals surface area contributed by atoms with Crippen LogP contribution < -0.4 is 4.74 Å². The summed E-state index contributed by atoms with van der Waals surface area (Å²) in [4.78, 5) is 12.7. The molecule has 19 heavy (non-hydrogen) atoms. The first kappa shape index (κ1) is 14.1. The highest BCUT2D eigenvalue weighted by atomic mass is 16.5. The maximum absolute atomic E-state index is 12.7. The van der Waals surface area contributed by atoms with Gasteiger partial charge in [-0.25, -0.2) is 0 Å². The van der Waals surface area contributed by atoms with Crippen LogP contribution in [-0.2, 0) is 0 Å². The molecule has 0 bridgehead atoms. The van der Waals surface area contributed by atoms with E-state index >= 15 is 0 Å². The summed E-state index contributed by atoms with van der Waals surface area (Å²) in [6.07, 6.45) is 6.70. The molecule has 1 saturated carbocycles. The number of benzene rings is 1. The van der Waals surface area contributed by atoms with Gasteiger partial charge in [-0.3, -0.25) is 4.79 Å². The fourth-order valence-corrected chi connectivity index (χ4v) is 2.76. The van der Waals surface area contributed by atoms with Gasteiger partial charge in [0.1, 0.15) is 5.75 Å². The number of hydrogen-bond acceptors (Lipinski definition) is 2. The van der Waals surface area contributed by atoms with Gasteiger partial charge in [0.15, 0.2) is 5.78 Å². The normalized spacial score (nSPS) is 16.3. The Labute approximate surface area is 116 Å². The first-order valence-corrected chi connectivity index (χ1v) is 7.50. The molecule has 0 saturated heterocycles. The average molecular weight is 260 g/mol. The van der Waals surface area contributed by atoms with Crippen LogP contribution in [0.3, 0.4) is 0 Å². The summed E-state index contributed by atoms with van der Waals surface area (Å²) in [5.41, 5.74) is 1.92. The van der Waals surface area contributed by atoms with E-state index in [1.54, 1.807) is 0 Å². The quantitative estimate of drug-likeness (QED) is 0.726. The topological polar surface area (TPSA) is 26.3 Å². The Bertz CT molecular complexity index is 431. The molecular weight excluding hydrogens is 236 g/mol. The number of carbonyl (C=O) groups excluding carboxylic acids is 1. The van der Waals surface area contributed by atoms with Crippen LogP contribution in [0.4, 0.5) is 0 Å². The van der Waals surface area contributed by atoms with Crippen LogP contribution in [0.15, 0.2) is 18.2 Å². The van der Waals surface area contributed by atoms with Crippen molar-refractivity contribution in [2.24, 2.45) is 5.92 Å². The van der Waals surface area contributed by atoms with Gasteiger partial charge in [-0.15, -0.1) is 0 Å². The van der Waals surface area contributed by atoms with E-state index in [4.69, 9.17) is 4.74 Å². The molecule has 0 spiro atoms. The third-order valence-corrected chi connectivity index (χ3v) is 3.84. The lowest BCUT2D eigenvalue weighted by atomic mass is 9.83. The van der Waals surface area contributed by atoms with Crippen LogP contribution in [0, 0.1) is 12.8 Å². The Kier molecular flexibility index (Phi) is 5.00. The molecule has 0 aliphatic heterocycles. The Balaban J connectivity index is 2.20. The van der Waals surface area contributed by atoms with Gasteiger partial charge < -0.3 is 4.74 Å². The van der Waals surface area contributed by atoms with E-state index in [0.717, 1.165) is 36.1 Å². The Hall–Kier alpha value is -1.31. The van der Waals surface area contributed by atoms with Crippen LogP contribution in [-0.4, -0.2) is 12.4 Å². The van der Waals surface area contributed by atoms with Crippen molar-refractivity contribution in [2.45, 2.75) is 52.4 Å². The van der Waals surface area contributed by atoms with Crippen molar-refractivity contribution in [3.05, 3.63) is 29.3 Å². The zero-order chi connectivity index (χ0) is 13.7. The van der Waals surface area contributed by atoms with E-state index in [9.17, 15) is 4.79 Å². The maximum Gasteiger partial charge on any atom is 0.169 e. The first-order valence-electron chi connectivity index (χ1n) is 7.50. The van der Waals surface area contributed by atoms with Gasteiger partial charge in [-0.2, -0.15) is 0 Å². The van der Waals surface area contributed by atoms with Crippen molar-refractivity contribution in [3.63, 3.8) is 0 Å². The number of Topliss-reactive ketones (excluding diaryl/α,β-unsaturated/α-hetero) is 1. The lowest BCUT2D eigenvalue weighted by molar-refractivity contribution is 0.0885. The Morgan fingerprint density at radius 3 is 2.68 bits per heavy atom. The van der Waals surface area contributed by atoms with Crippen LogP contribution >= 0.6 is 0 Å². The van der Waals surface area contributed by atoms with E-state index in [2.05, 4.69) is 6.92 Å². The number of carbonyl (C=O) groups is 1. The summed E-state index contributed by atoms with van der Waals surface area (Å²) in [6.45, 7) is 4.78. The molecule has 2 nitrogen and oxygen atoms in total. The molecule has 104 valence electrons. The van der Waals surface area contributed by atoms with Crippen LogP contribution in [0.25, 0.3) is 0 Å². The maximum atomic E-state index is 12.7. The van der Waals surface area contributed by atoms with Gasteiger partial charge >= 0.3 is 0 Å². The summed E-state index contributed by atoms with van der Waals surface area (Å²) in [5, 5.41) is 0. The third-order valence-electron chi connectivity index (χ3n) is 3.84. The summed E-state index contributed by atoms with van der Waals surface area (Å²) < 4.78 is 5.73. The van der Waals surface area contributed by atoms with Gasteiger partial charge in [-0.1, -0.05) is 37.8 Å². The number of rotatable bonds is 5. The lowest BCUT2D eigenvalue weighted by Gasteiger charge is -2.21. The molecule has 1 aliphatic carbocycles. The fraction of sp³-hybridized carbons (Fsp3) is 0.588. The van der Waals surface area contributed by atoms with Crippen LogP contribution in [0.5, 0.6) is 5.75 Å². The second kappa shape index (κ2) is 6.74. The van der Waals surface area contributed by atoms with Crippen molar-refractivity contribution in [1.82, 2.24) is 0 Å². The van der Waals surface area contributed by atoms with E-state index in [-0.39, 0.29) is 11.7 Å². The van der Waals surface area contributed by atoms with Crippen molar-refractivity contribution >= 4 is 5.78 Å². The Morgan fingerprint density at radius 1 is 1.26 bits per heavy atom. The molecule has 1 aromatic rings. The molecular formula is C17H24O2. The number of hydrogen-bond donors (Lipinski definition) is 0. The average Bonchev–Trinajstić information content (AvgIpc) is 2.46. The first-order chi connectivity index (χ1) is 9.22.